The van der Waals surface area contributed by atoms with Gasteiger partial charge < -0.3 is 9.80 Å². The zero-order chi connectivity index (χ0) is 25.9. The van der Waals surface area contributed by atoms with Crippen molar-refractivity contribution in [3.05, 3.63) is 75.7 Å². The van der Waals surface area contributed by atoms with Gasteiger partial charge in [0.2, 0.25) is 5.78 Å². The maximum absolute atomic E-state index is 13.5. The third-order valence-corrected chi connectivity index (χ3v) is 7.83. The molecular formula is C28H31N7O2. The topological polar surface area (TPSA) is 100 Å². The zero-order valence-electron chi connectivity index (χ0n) is 21.7. The first-order valence-corrected chi connectivity index (χ1v) is 12.8. The second-order valence-electron chi connectivity index (χ2n) is 10.9. The van der Waals surface area contributed by atoms with Gasteiger partial charge in [-0.15, -0.1) is 0 Å². The SMILES string of the molecule is Cc1cc(C(=O)c2cc(N3CCC(n4c(=O)[nH]c5ncccc54)CC3)ncn2)cc2c1N(C)CC2(C)C. The predicted molar refractivity (Wildman–Crippen MR) is 144 cm³/mol. The molecule has 0 unspecified atom stereocenters. The molecule has 5 heterocycles. The van der Waals surface area contributed by atoms with Crippen molar-refractivity contribution < 1.29 is 4.79 Å². The molecule has 0 aliphatic carbocycles. The van der Waals surface area contributed by atoms with E-state index in [4.69, 9.17) is 0 Å². The van der Waals surface area contributed by atoms with Gasteiger partial charge >= 0.3 is 5.69 Å². The molecule has 0 amide bonds. The number of aromatic nitrogens is 5. The molecule has 4 aromatic rings. The summed E-state index contributed by atoms with van der Waals surface area (Å²) in [6, 6.07) is 9.66. The van der Waals surface area contributed by atoms with Crippen molar-refractivity contribution in [2.45, 2.75) is 45.1 Å². The molecule has 0 bridgehead atoms. The van der Waals surface area contributed by atoms with Gasteiger partial charge in [0.15, 0.2) is 5.65 Å². The molecule has 0 atom stereocenters. The van der Waals surface area contributed by atoms with Gasteiger partial charge in [0, 0.05) is 61.7 Å². The highest BCUT2D eigenvalue weighted by atomic mass is 16.1. The van der Waals surface area contributed by atoms with Gasteiger partial charge in [0.05, 0.1) is 5.52 Å². The van der Waals surface area contributed by atoms with E-state index < -0.39 is 0 Å². The number of anilines is 2. The molecule has 9 nitrogen and oxygen atoms in total. The maximum atomic E-state index is 13.5. The van der Waals surface area contributed by atoms with Crippen LogP contribution in [-0.2, 0) is 5.41 Å². The van der Waals surface area contributed by atoms with Crippen molar-refractivity contribution in [1.29, 1.82) is 0 Å². The van der Waals surface area contributed by atoms with Crippen LogP contribution >= 0.6 is 0 Å². The number of carbonyl (C=O) groups is 1. The summed E-state index contributed by atoms with van der Waals surface area (Å²) in [6.45, 7) is 8.89. The van der Waals surface area contributed by atoms with Crippen LogP contribution in [0.15, 0.2) is 47.7 Å². The van der Waals surface area contributed by atoms with Crippen molar-refractivity contribution >= 4 is 28.5 Å². The van der Waals surface area contributed by atoms with Gasteiger partial charge in [-0.05, 0) is 55.2 Å². The zero-order valence-corrected chi connectivity index (χ0v) is 21.7. The number of aromatic amines is 1. The lowest BCUT2D eigenvalue weighted by Crippen LogP contribution is -2.37. The van der Waals surface area contributed by atoms with E-state index in [0.717, 1.165) is 49.4 Å². The number of likely N-dealkylation sites (N-methyl/N-ethyl adjacent to an activating group) is 1. The largest absolute Gasteiger partial charge is 0.373 e. The number of carbonyl (C=O) groups excluding carboxylic acids is 1. The Hall–Kier alpha value is -4.01. The second-order valence-corrected chi connectivity index (χ2v) is 10.9. The summed E-state index contributed by atoms with van der Waals surface area (Å²) >= 11 is 0. The maximum Gasteiger partial charge on any atom is 0.327 e. The van der Waals surface area contributed by atoms with Crippen LogP contribution in [0.5, 0.6) is 0 Å². The summed E-state index contributed by atoms with van der Waals surface area (Å²) in [5.41, 5.74) is 5.90. The fraction of sp³-hybridized carbons (Fsp3) is 0.393. The van der Waals surface area contributed by atoms with E-state index in [1.165, 1.54) is 17.6 Å². The molecule has 9 heteroatoms. The first-order valence-electron chi connectivity index (χ1n) is 12.8. The van der Waals surface area contributed by atoms with E-state index in [9.17, 15) is 9.59 Å². The molecule has 0 spiro atoms. The first-order chi connectivity index (χ1) is 17.7. The summed E-state index contributed by atoms with van der Waals surface area (Å²) in [7, 11) is 2.10. The highest BCUT2D eigenvalue weighted by molar-refractivity contribution is 6.08. The molecule has 3 aromatic heterocycles. The molecule has 190 valence electrons. The Morgan fingerprint density at radius 3 is 2.68 bits per heavy atom. The van der Waals surface area contributed by atoms with Crippen LogP contribution in [0.2, 0.25) is 0 Å². The molecule has 1 N–H and O–H groups in total. The molecule has 0 saturated carbocycles. The molecule has 6 rings (SSSR count). The third kappa shape index (κ3) is 3.89. The lowest BCUT2D eigenvalue weighted by Gasteiger charge is -2.33. The van der Waals surface area contributed by atoms with Crippen molar-refractivity contribution in [3.63, 3.8) is 0 Å². The van der Waals surface area contributed by atoms with Gasteiger partial charge in [-0.2, -0.15) is 0 Å². The number of rotatable bonds is 4. The summed E-state index contributed by atoms with van der Waals surface area (Å²) in [6.07, 6.45) is 4.74. The van der Waals surface area contributed by atoms with Gasteiger partial charge in [0.25, 0.3) is 0 Å². The number of aryl methyl sites for hydroxylation is 1. The molecule has 1 aromatic carbocycles. The number of hydrogen-bond acceptors (Lipinski definition) is 7. The van der Waals surface area contributed by atoms with Crippen molar-refractivity contribution in [1.82, 2.24) is 24.5 Å². The number of nitrogens with zero attached hydrogens (tertiary/aromatic N) is 6. The van der Waals surface area contributed by atoms with Crippen LogP contribution in [0.4, 0.5) is 11.5 Å². The molecule has 1 fully saturated rings. The monoisotopic (exact) mass is 497 g/mol. The molecule has 37 heavy (non-hydrogen) atoms. The average Bonchev–Trinajstić information content (AvgIpc) is 3.35. The number of benzene rings is 1. The number of hydrogen-bond donors (Lipinski definition) is 1. The number of ketones is 1. The minimum Gasteiger partial charge on any atom is -0.373 e. The lowest BCUT2D eigenvalue weighted by atomic mass is 9.84. The van der Waals surface area contributed by atoms with E-state index in [-0.39, 0.29) is 22.9 Å². The minimum absolute atomic E-state index is 0.0187. The average molecular weight is 498 g/mol. The van der Waals surface area contributed by atoms with Crippen molar-refractivity contribution in [3.8, 4) is 0 Å². The summed E-state index contributed by atoms with van der Waals surface area (Å²) in [5.74, 6) is 0.648. The van der Waals surface area contributed by atoms with Crippen LogP contribution in [0.1, 0.15) is 59.9 Å². The van der Waals surface area contributed by atoms with Crippen LogP contribution < -0.4 is 15.5 Å². The Bertz CT molecular complexity index is 1580. The first kappa shape index (κ1) is 23.4. The van der Waals surface area contributed by atoms with Crippen LogP contribution in [0, 0.1) is 6.92 Å². The highest BCUT2D eigenvalue weighted by Gasteiger charge is 2.35. The van der Waals surface area contributed by atoms with Gasteiger partial charge in [-0.25, -0.2) is 19.7 Å². The highest BCUT2D eigenvalue weighted by Crippen LogP contribution is 2.42. The number of piperidine rings is 1. The van der Waals surface area contributed by atoms with Gasteiger partial charge in [-0.1, -0.05) is 13.8 Å². The van der Waals surface area contributed by atoms with E-state index in [0.29, 0.717) is 16.9 Å². The summed E-state index contributed by atoms with van der Waals surface area (Å²) in [5, 5.41) is 0. The number of fused-ring (bicyclic) bond motifs is 2. The van der Waals surface area contributed by atoms with Gasteiger partial charge in [-0.3, -0.25) is 14.3 Å². The van der Waals surface area contributed by atoms with Gasteiger partial charge in [0.1, 0.15) is 17.8 Å². The predicted octanol–water partition coefficient (Wildman–Crippen LogP) is 3.62. The molecule has 2 aliphatic heterocycles. The fourth-order valence-electron chi connectivity index (χ4n) is 6.16. The third-order valence-electron chi connectivity index (χ3n) is 7.83. The summed E-state index contributed by atoms with van der Waals surface area (Å²) < 4.78 is 1.82. The Balaban J connectivity index is 1.23. The van der Waals surface area contributed by atoms with Crippen molar-refractivity contribution in [2.24, 2.45) is 0 Å². The van der Waals surface area contributed by atoms with Crippen LogP contribution in [-0.4, -0.2) is 57.0 Å². The number of nitrogens with one attached hydrogen (secondary N) is 1. The van der Waals surface area contributed by atoms with E-state index in [1.807, 2.05) is 28.8 Å². The number of imidazole rings is 1. The number of pyridine rings is 1. The minimum atomic E-state index is -0.124. The van der Waals surface area contributed by atoms with E-state index in [2.05, 4.69) is 57.6 Å². The fourth-order valence-corrected chi connectivity index (χ4v) is 6.16. The number of H-pyrrole nitrogens is 1. The normalized spacial score (nSPS) is 17.4. The Morgan fingerprint density at radius 1 is 1.11 bits per heavy atom. The quantitative estimate of drug-likeness (QED) is 0.430. The molecule has 1 saturated heterocycles. The van der Waals surface area contributed by atoms with Crippen LogP contribution in [0.3, 0.4) is 0 Å². The Kier molecular flexibility index (Phi) is 5.40. The smallest absolute Gasteiger partial charge is 0.327 e. The van der Waals surface area contributed by atoms with Crippen LogP contribution in [0.25, 0.3) is 11.2 Å². The molecule has 0 radical (unpaired) electrons. The van der Waals surface area contributed by atoms with E-state index >= 15 is 0 Å². The molecule has 2 aliphatic rings. The second kappa shape index (κ2) is 8.54. The van der Waals surface area contributed by atoms with Crippen molar-refractivity contribution in [2.75, 3.05) is 36.5 Å². The van der Waals surface area contributed by atoms with E-state index in [1.54, 1.807) is 12.3 Å². The lowest BCUT2D eigenvalue weighted by molar-refractivity contribution is 0.103. The summed E-state index contributed by atoms with van der Waals surface area (Å²) in [4.78, 5) is 46.5. The standard InChI is InChI=1S/C28H31N7O2/c1-17-12-18(13-20-24(17)33(4)15-28(20,2)3)25(36)21-14-23(31-16-30-21)34-10-7-19(8-11-34)35-22-6-5-9-29-26(22)32-27(35)37/h5-6,9,12-14,16,19H,7-8,10-11,15H2,1-4H3,(H,29,32,37). The Labute approximate surface area is 215 Å². The molecular weight excluding hydrogens is 466 g/mol. The Morgan fingerprint density at radius 2 is 1.89 bits per heavy atom.